The molecule has 0 aromatic rings. The molecule has 0 atom stereocenters. The highest BCUT2D eigenvalue weighted by molar-refractivity contribution is 4.84. The van der Waals surface area contributed by atoms with Crippen molar-refractivity contribution in [2.45, 2.75) is 19.3 Å². The van der Waals surface area contributed by atoms with Gasteiger partial charge in [-0.1, -0.05) is 0 Å². The lowest BCUT2D eigenvalue weighted by atomic mass is 10.00. The molecule has 0 bridgehead atoms. The highest BCUT2D eigenvalue weighted by Gasteiger charge is 2.14. The molecule has 1 heterocycles. The molecule has 0 aromatic carbocycles. The van der Waals surface area contributed by atoms with Gasteiger partial charge in [-0.15, -0.1) is 12.3 Å². The molecule has 0 aromatic heterocycles. The van der Waals surface area contributed by atoms with Crippen molar-refractivity contribution in [1.82, 2.24) is 4.90 Å². The molecular weight excluding hydrogens is 162 g/mol. The lowest BCUT2D eigenvalue weighted by Gasteiger charge is -2.26. The molecule has 1 saturated heterocycles. The molecule has 1 fully saturated rings. The van der Waals surface area contributed by atoms with E-state index in [1.807, 2.05) is 0 Å². The Balaban J connectivity index is 2.11. The lowest BCUT2D eigenvalue weighted by Crippen LogP contribution is -2.30. The largest absolute Gasteiger partial charge is 0.381 e. The summed E-state index contributed by atoms with van der Waals surface area (Å²) < 4.78 is 5.31. The molecule has 1 rings (SSSR count). The number of nitrogens with zero attached hydrogens (tertiary/aromatic N) is 1. The summed E-state index contributed by atoms with van der Waals surface area (Å²) in [6.45, 7) is 4.07. The van der Waals surface area contributed by atoms with Crippen molar-refractivity contribution >= 4 is 0 Å². The Morgan fingerprint density at radius 3 is 2.77 bits per heavy atom. The highest BCUT2D eigenvalue weighted by Crippen LogP contribution is 2.15. The highest BCUT2D eigenvalue weighted by atomic mass is 16.5. The van der Waals surface area contributed by atoms with Gasteiger partial charge in [0.05, 0.1) is 0 Å². The molecule has 0 radical (unpaired) electrons. The second kappa shape index (κ2) is 6.01. The predicted octanol–water partition coefficient (Wildman–Crippen LogP) is 1.37. The van der Waals surface area contributed by atoms with Crippen molar-refractivity contribution in [1.29, 1.82) is 0 Å². The van der Waals surface area contributed by atoms with Gasteiger partial charge < -0.3 is 9.64 Å². The first-order chi connectivity index (χ1) is 6.33. The summed E-state index contributed by atoms with van der Waals surface area (Å²) in [6, 6.07) is 0. The Bertz CT molecular complexity index is 167. The van der Waals surface area contributed by atoms with Crippen molar-refractivity contribution in [2.24, 2.45) is 5.92 Å². The van der Waals surface area contributed by atoms with Gasteiger partial charge in [-0.25, -0.2) is 0 Å². The Hall–Kier alpha value is -0.520. The Kier molecular flexibility index (Phi) is 4.88. The van der Waals surface area contributed by atoms with Gasteiger partial charge in [0.2, 0.25) is 0 Å². The van der Waals surface area contributed by atoms with Crippen LogP contribution in [0.4, 0.5) is 0 Å². The van der Waals surface area contributed by atoms with Crippen molar-refractivity contribution < 1.29 is 4.74 Å². The van der Waals surface area contributed by atoms with Crippen LogP contribution in [0.15, 0.2) is 0 Å². The van der Waals surface area contributed by atoms with E-state index in [0.29, 0.717) is 0 Å². The zero-order valence-corrected chi connectivity index (χ0v) is 8.46. The van der Waals surface area contributed by atoms with E-state index < -0.39 is 0 Å². The van der Waals surface area contributed by atoms with Gasteiger partial charge in [0.15, 0.2) is 0 Å². The van der Waals surface area contributed by atoms with Crippen LogP contribution in [-0.4, -0.2) is 38.3 Å². The van der Waals surface area contributed by atoms with E-state index in [2.05, 4.69) is 17.9 Å². The van der Waals surface area contributed by atoms with Crippen molar-refractivity contribution in [3.63, 3.8) is 0 Å². The Morgan fingerprint density at radius 1 is 1.46 bits per heavy atom. The number of ether oxygens (including phenoxy) is 1. The molecule has 13 heavy (non-hydrogen) atoms. The molecule has 0 N–H and O–H groups in total. The molecule has 0 unspecified atom stereocenters. The third kappa shape index (κ3) is 4.31. The monoisotopic (exact) mass is 181 g/mol. The van der Waals surface area contributed by atoms with Gasteiger partial charge in [0, 0.05) is 32.7 Å². The van der Waals surface area contributed by atoms with Crippen LogP contribution in [0.1, 0.15) is 19.3 Å². The average Bonchev–Trinajstić information content (AvgIpc) is 2.16. The van der Waals surface area contributed by atoms with Crippen LogP contribution in [0.25, 0.3) is 0 Å². The Morgan fingerprint density at radius 2 is 2.15 bits per heavy atom. The molecule has 1 aliphatic heterocycles. The fourth-order valence-electron chi connectivity index (χ4n) is 1.72. The summed E-state index contributed by atoms with van der Waals surface area (Å²) in [5, 5.41) is 0. The topological polar surface area (TPSA) is 12.5 Å². The van der Waals surface area contributed by atoms with Crippen LogP contribution >= 0.6 is 0 Å². The number of hydrogen-bond donors (Lipinski definition) is 0. The van der Waals surface area contributed by atoms with E-state index >= 15 is 0 Å². The van der Waals surface area contributed by atoms with Gasteiger partial charge in [0.25, 0.3) is 0 Å². The van der Waals surface area contributed by atoms with Crippen LogP contribution in [0.2, 0.25) is 0 Å². The molecule has 0 saturated carbocycles. The van der Waals surface area contributed by atoms with Crippen LogP contribution < -0.4 is 0 Å². The third-order valence-electron chi connectivity index (χ3n) is 2.55. The summed E-state index contributed by atoms with van der Waals surface area (Å²) >= 11 is 0. The Labute approximate surface area is 81.3 Å². The fourth-order valence-corrected chi connectivity index (χ4v) is 1.72. The van der Waals surface area contributed by atoms with E-state index in [1.165, 1.54) is 19.4 Å². The molecule has 2 nitrogen and oxygen atoms in total. The predicted molar refractivity (Wildman–Crippen MR) is 54.5 cm³/mol. The number of rotatable bonds is 4. The van der Waals surface area contributed by atoms with Gasteiger partial charge in [-0.05, 0) is 25.8 Å². The molecule has 0 amide bonds. The summed E-state index contributed by atoms with van der Waals surface area (Å²) in [5.41, 5.74) is 0. The average molecular weight is 181 g/mol. The minimum atomic E-state index is 0.816. The first kappa shape index (κ1) is 10.6. The van der Waals surface area contributed by atoms with E-state index in [-0.39, 0.29) is 0 Å². The van der Waals surface area contributed by atoms with E-state index in [4.69, 9.17) is 11.2 Å². The second-order valence-electron chi connectivity index (χ2n) is 3.77. The second-order valence-corrected chi connectivity index (χ2v) is 3.77. The standard InChI is InChI=1S/C11H19NO/c1-3-4-7-12(2)10-11-5-8-13-9-6-11/h1,11H,4-10H2,2H3. The first-order valence-corrected chi connectivity index (χ1v) is 5.02. The van der Waals surface area contributed by atoms with Gasteiger partial charge in [-0.2, -0.15) is 0 Å². The minimum Gasteiger partial charge on any atom is -0.381 e. The van der Waals surface area contributed by atoms with Crippen LogP contribution in [0.3, 0.4) is 0 Å². The lowest BCUT2D eigenvalue weighted by molar-refractivity contribution is 0.0560. The molecule has 0 aliphatic carbocycles. The molecule has 74 valence electrons. The summed E-state index contributed by atoms with van der Waals surface area (Å²) in [4.78, 5) is 2.33. The van der Waals surface area contributed by atoms with E-state index in [1.54, 1.807) is 0 Å². The van der Waals surface area contributed by atoms with Gasteiger partial charge in [0.1, 0.15) is 0 Å². The van der Waals surface area contributed by atoms with Gasteiger partial charge >= 0.3 is 0 Å². The van der Waals surface area contributed by atoms with Crippen LogP contribution in [0.5, 0.6) is 0 Å². The smallest absolute Gasteiger partial charge is 0.0469 e. The fraction of sp³-hybridized carbons (Fsp3) is 0.818. The quantitative estimate of drug-likeness (QED) is 0.607. The number of hydrogen-bond acceptors (Lipinski definition) is 2. The zero-order chi connectivity index (χ0) is 9.52. The normalized spacial score (nSPS) is 18.8. The molecule has 0 spiro atoms. The SMILES string of the molecule is C#CCCN(C)CC1CCOCC1. The van der Waals surface area contributed by atoms with Gasteiger partial charge in [-0.3, -0.25) is 0 Å². The summed E-state index contributed by atoms with van der Waals surface area (Å²) in [7, 11) is 2.15. The maximum absolute atomic E-state index is 5.31. The maximum Gasteiger partial charge on any atom is 0.0469 e. The maximum atomic E-state index is 5.31. The molecular formula is C11H19NO. The molecule has 2 heteroatoms. The van der Waals surface area contributed by atoms with Crippen LogP contribution in [0, 0.1) is 18.3 Å². The zero-order valence-electron chi connectivity index (χ0n) is 8.46. The van der Waals surface area contributed by atoms with Crippen LogP contribution in [-0.2, 0) is 4.74 Å². The first-order valence-electron chi connectivity index (χ1n) is 5.02. The number of terminal acetylenes is 1. The van der Waals surface area contributed by atoms with Crippen molar-refractivity contribution in [3.8, 4) is 12.3 Å². The van der Waals surface area contributed by atoms with E-state index in [9.17, 15) is 0 Å². The third-order valence-corrected chi connectivity index (χ3v) is 2.55. The van der Waals surface area contributed by atoms with Crippen molar-refractivity contribution in [2.75, 3.05) is 33.4 Å². The summed E-state index contributed by atoms with van der Waals surface area (Å²) in [5.74, 6) is 3.49. The van der Waals surface area contributed by atoms with E-state index in [0.717, 1.165) is 32.1 Å². The summed E-state index contributed by atoms with van der Waals surface area (Å²) in [6.07, 6.45) is 8.49. The molecule has 1 aliphatic rings. The van der Waals surface area contributed by atoms with Crippen molar-refractivity contribution in [3.05, 3.63) is 0 Å². The minimum absolute atomic E-state index is 0.816.